The number of ether oxygens (including phenoxy) is 1. The van der Waals surface area contributed by atoms with Crippen LogP contribution in [0, 0.1) is 0 Å². The lowest BCUT2D eigenvalue weighted by molar-refractivity contribution is 0.0595. The molecule has 72 valence electrons. The van der Waals surface area contributed by atoms with E-state index in [1.54, 1.807) is 23.8 Å². The van der Waals surface area contributed by atoms with Crippen LogP contribution in [0.4, 0.5) is 0 Å². The molecule has 0 unspecified atom stereocenters. The molecule has 0 saturated carbocycles. The zero-order valence-corrected chi connectivity index (χ0v) is 8.21. The molecule has 2 rings (SSSR count). The Labute approximate surface area is 84.1 Å². The van der Waals surface area contributed by atoms with Gasteiger partial charge in [0.2, 0.25) is 0 Å². The first kappa shape index (κ1) is 8.96. The Balaban J connectivity index is 2.31. The van der Waals surface area contributed by atoms with Gasteiger partial charge in [-0.25, -0.2) is 9.78 Å². The van der Waals surface area contributed by atoms with Crippen molar-refractivity contribution in [1.29, 1.82) is 0 Å². The van der Waals surface area contributed by atoms with Crippen LogP contribution in [0.25, 0.3) is 10.8 Å². The number of rotatable bonds is 2. The Morgan fingerprint density at radius 1 is 1.64 bits per heavy atom. The van der Waals surface area contributed by atoms with Crippen LogP contribution in [0.2, 0.25) is 0 Å². The molecule has 0 bridgehead atoms. The van der Waals surface area contributed by atoms with Gasteiger partial charge in [-0.3, -0.25) is 0 Å². The molecule has 0 aromatic carbocycles. The number of methoxy groups -OCH3 is 1. The van der Waals surface area contributed by atoms with Crippen LogP contribution >= 0.6 is 11.3 Å². The van der Waals surface area contributed by atoms with E-state index < -0.39 is 5.97 Å². The average molecular weight is 209 g/mol. The van der Waals surface area contributed by atoms with Gasteiger partial charge in [0.15, 0.2) is 16.5 Å². The number of furan rings is 1. The van der Waals surface area contributed by atoms with Crippen molar-refractivity contribution >= 4 is 17.3 Å². The van der Waals surface area contributed by atoms with Crippen molar-refractivity contribution < 1.29 is 13.9 Å². The highest BCUT2D eigenvalue weighted by Crippen LogP contribution is 2.23. The Morgan fingerprint density at radius 3 is 3.14 bits per heavy atom. The highest BCUT2D eigenvalue weighted by atomic mass is 32.1. The lowest BCUT2D eigenvalue weighted by Gasteiger charge is -1.91. The van der Waals surface area contributed by atoms with Crippen molar-refractivity contribution in [3.63, 3.8) is 0 Å². The largest absolute Gasteiger partial charge is 0.464 e. The molecular weight excluding hydrogens is 202 g/mol. The summed E-state index contributed by atoms with van der Waals surface area (Å²) in [5.41, 5.74) is 0.309. The smallest absolute Gasteiger partial charge is 0.357 e. The number of carbonyl (C=O) groups is 1. The Morgan fingerprint density at radius 2 is 2.50 bits per heavy atom. The molecule has 14 heavy (non-hydrogen) atoms. The summed E-state index contributed by atoms with van der Waals surface area (Å²) in [6.45, 7) is 0. The summed E-state index contributed by atoms with van der Waals surface area (Å²) in [7, 11) is 1.33. The van der Waals surface area contributed by atoms with Gasteiger partial charge in [0.25, 0.3) is 0 Å². The van der Waals surface area contributed by atoms with E-state index in [0.29, 0.717) is 16.5 Å². The second kappa shape index (κ2) is 3.63. The predicted molar refractivity (Wildman–Crippen MR) is 51.2 cm³/mol. The molecule has 0 amide bonds. The van der Waals surface area contributed by atoms with E-state index in [1.165, 1.54) is 18.4 Å². The Kier molecular flexibility index (Phi) is 2.32. The minimum absolute atomic E-state index is 0.309. The molecule has 0 saturated heterocycles. The van der Waals surface area contributed by atoms with E-state index in [1.807, 2.05) is 0 Å². The van der Waals surface area contributed by atoms with Gasteiger partial charge in [-0.05, 0) is 12.1 Å². The molecule has 0 aliphatic heterocycles. The summed E-state index contributed by atoms with van der Waals surface area (Å²) in [5.74, 6) is 0.226. The van der Waals surface area contributed by atoms with Crippen LogP contribution in [0.3, 0.4) is 0 Å². The van der Waals surface area contributed by atoms with E-state index in [0.717, 1.165) is 0 Å². The van der Waals surface area contributed by atoms with Crippen LogP contribution in [-0.4, -0.2) is 18.1 Å². The van der Waals surface area contributed by atoms with Crippen LogP contribution in [0.1, 0.15) is 10.5 Å². The number of carbonyl (C=O) groups excluding carboxylic acids is 1. The number of hydrogen-bond donors (Lipinski definition) is 0. The lowest BCUT2D eigenvalue weighted by Crippen LogP contribution is -2.00. The van der Waals surface area contributed by atoms with E-state index >= 15 is 0 Å². The monoisotopic (exact) mass is 209 g/mol. The standard InChI is InChI=1S/C9H7NO3S/c1-12-9(11)6-5-14-8(10-6)7-3-2-4-13-7/h2-5H,1H3. The number of aromatic nitrogens is 1. The van der Waals surface area contributed by atoms with Crippen molar-refractivity contribution in [3.05, 3.63) is 29.5 Å². The molecule has 0 aliphatic rings. The fourth-order valence-corrected chi connectivity index (χ4v) is 1.74. The number of esters is 1. The maximum Gasteiger partial charge on any atom is 0.357 e. The summed E-state index contributed by atoms with van der Waals surface area (Å²) in [5, 5.41) is 2.32. The molecule has 0 spiro atoms. The summed E-state index contributed by atoms with van der Waals surface area (Å²) in [4.78, 5) is 15.2. The van der Waals surface area contributed by atoms with Crippen molar-refractivity contribution in [2.24, 2.45) is 0 Å². The lowest BCUT2D eigenvalue weighted by atomic mass is 10.4. The minimum atomic E-state index is -0.431. The number of nitrogens with zero attached hydrogens (tertiary/aromatic N) is 1. The molecule has 2 aromatic heterocycles. The van der Waals surface area contributed by atoms with Crippen molar-refractivity contribution in [2.45, 2.75) is 0 Å². The summed E-state index contributed by atoms with van der Waals surface area (Å²) < 4.78 is 9.68. The van der Waals surface area contributed by atoms with Gasteiger partial charge in [0.1, 0.15) is 0 Å². The van der Waals surface area contributed by atoms with E-state index in [4.69, 9.17) is 4.42 Å². The first-order chi connectivity index (χ1) is 6.81. The molecule has 4 nitrogen and oxygen atoms in total. The number of hydrogen-bond acceptors (Lipinski definition) is 5. The van der Waals surface area contributed by atoms with Gasteiger partial charge in [0.05, 0.1) is 13.4 Å². The number of thiazole rings is 1. The van der Waals surface area contributed by atoms with E-state index in [2.05, 4.69) is 9.72 Å². The Hall–Kier alpha value is -1.62. The molecular formula is C9H7NO3S. The fraction of sp³-hybridized carbons (Fsp3) is 0.111. The van der Waals surface area contributed by atoms with Gasteiger partial charge in [-0.1, -0.05) is 0 Å². The maximum atomic E-state index is 11.1. The summed E-state index contributed by atoms with van der Waals surface area (Å²) in [6, 6.07) is 3.56. The zero-order chi connectivity index (χ0) is 9.97. The highest BCUT2D eigenvalue weighted by Gasteiger charge is 2.12. The molecule has 5 heteroatoms. The third-order valence-electron chi connectivity index (χ3n) is 1.63. The van der Waals surface area contributed by atoms with Crippen LogP contribution in [0.15, 0.2) is 28.2 Å². The maximum absolute atomic E-state index is 11.1. The quantitative estimate of drug-likeness (QED) is 0.711. The Bertz CT molecular complexity index is 433. The first-order valence-electron chi connectivity index (χ1n) is 3.89. The summed E-state index contributed by atoms with van der Waals surface area (Å²) in [6.07, 6.45) is 1.56. The second-order valence-electron chi connectivity index (χ2n) is 2.51. The van der Waals surface area contributed by atoms with Gasteiger partial charge < -0.3 is 9.15 Å². The fourth-order valence-electron chi connectivity index (χ4n) is 0.985. The normalized spacial score (nSPS) is 10.1. The van der Waals surface area contributed by atoms with Crippen molar-refractivity contribution in [2.75, 3.05) is 7.11 Å². The third kappa shape index (κ3) is 1.54. The van der Waals surface area contributed by atoms with Gasteiger partial charge in [-0.15, -0.1) is 11.3 Å². The molecule has 2 heterocycles. The molecule has 0 aliphatic carbocycles. The van der Waals surface area contributed by atoms with Crippen molar-refractivity contribution in [1.82, 2.24) is 4.98 Å². The SMILES string of the molecule is COC(=O)c1csc(-c2ccco2)n1. The first-order valence-corrected chi connectivity index (χ1v) is 4.77. The van der Waals surface area contributed by atoms with Gasteiger partial charge in [0, 0.05) is 5.38 Å². The predicted octanol–water partition coefficient (Wildman–Crippen LogP) is 2.19. The van der Waals surface area contributed by atoms with Crippen LogP contribution in [0.5, 0.6) is 0 Å². The van der Waals surface area contributed by atoms with Crippen molar-refractivity contribution in [3.8, 4) is 10.8 Å². The van der Waals surface area contributed by atoms with Crippen LogP contribution in [-0.2, 0) is 4.74 Å². The topological polar surface area (TPSA) is 52.3 Å². The molecule has 0 atom stereocenters. The molecule has 0 N–H and O–H groups in total. The highest BCUT2D eigenvalue weighted by molar-refractivity contribution is 7.13. The average Bonchev–Trinajstić information content (AvgIpc) is 2.86. The van der Waals surface area contributed by atoms with Gasteiger partial charge >= 0.3 is 5.97 Å². The van der Waals surface area contributed by atoms with Gasteiger partial charge in [-0.2, -0.15) is 0 Å². The molecule has 0 fully saturated rings. The zero-order valence-electron chi connectivity index (χ0n) is 7.39. The van der Waals surface area contributed by atoms with Crippen LogP contribution < -0.4 is 0 Å². The van der Waals surface area contributed by atoms with E-state index in [-0.39, 0.29) is 0 Å². The van der Waals surface area contributed by atoms with E-state index in [9.17, 15) is 4.79 Å². The molecule has 0 radical (unpaired) electrons. The second-order valence-corrected chi connectivity index (χ2v) is 3.36. The third-order valence-corrected chi connectivity index (χ3v) is 2.49. The minimum Gasteiger partial charge on any atom is -0.464 e. The molecule has 2 aromatic rings. The summed E-state index contributed by atoms with van der Waals surface area (Å²) >= 11 is 1.35.